The minimum absolute atomic E-state index is 0.0764. The summed E-state index contributed by atoms with van der Waals surface area (Å²) in [4.78, 5) is 0. The Morgan fingerprint density at radius 3 is 1.48 bits per heavy atom. The van der Waals surface area contributed by atoms with Gasteiger partial charge in [-0.15, -0.1) is 0 Å². The number of hydrogen-bond acceptors (Lipinski definition) is 3. The standard InChI is InChI=1S/C14H22O.C6H6O2/c1-13(2,3)10-14(4,5)11-6-8-12(15)9-7-11;7-5-3-1-2-4-6(5)8/h6-9,15H,10H2,1-5H3;1-4,7-8H. The van der Waals surface area contributed by atoms with Crippen LogP contribution in [0.25, 0.3) is 0 Å². The van der Waals surface area contributed by atoms with Crippen LogP contribution in [-0.2, 0) is 5.41 Å². The van der Waals surface area contributed by atoms with Gasteiger partial charge in [0.15, 0.2) is 11.5 Å². The van der Waals surface area contributed by atoms with Crippen molar-refractivity contribution >= 4 is 0 Å². The maximum atomic E-state index is 9.25. The van der Waals surface area contributed by atoms with Crippen molar-refractivity contribution in [3.8, 4) is 17.2 Å². The van der Waals surface area contributed by atoms with Crippen LogP contribution in [0.2, 0.25) is 0 Å². The number of para-hydroxylation sites is 2. The average Bonchev–Trinajstić information content (AvgIpc) is 2.41. The highest BCUT2D eigenvalue weighted by atomic mass is 16.3. The maximum Gasteiger partial charge on any atom is 0.157 e. The Labute approximate surface area is 139 Å². The number of benzene rings is 2. The van der Waals surface area contributed by atoms with Gasteiger partial charge in [-0.05, 0) is 47.1 Å². The lowest BCUT2D eigenvalue weighted by molar-refractivity contribution is 0.284. The quantitative estimate of drug-likeness (QED) is 0.667. The van der Waals surface area contributed by atoms with Crippen LogP contribution in [-0.4, -0.2) is 15.3 Å². The van der Waals surface area contributed by atoms with Crippen molar-refractivity contribution in [2.24, 2.45) is 5.41 Å². The van der Waals surface area contributed by atoms with Gasteiger partial charge >= 0.3 is 0 Å². The fourth-order valence-electron chi connectivity index (χ4n) is 2.80. The van der Waals surface area contributed by atoms with E-state index in [1.807, 2.05) is 12.1 Å². The van der Waals surface area contributed by atoms with Crippen molar-refractivity contribution in [2.75, 3.05) is 0 Å². The number of phenols is 3. The average molecular weight is 316 g/mol. The molecule has 3 N–H and O–H groups in total. The van der Waals surface area contributed by atoms with Gasteiger partial charge in [-0.2, -0.15) is 0 Å². The highest BCUT2D eigenvalue weighted by molar-refractivity contribution is 5.36. The smallest absolute Gasteiger partial charge is 0.157 e. The highest BCUT2D eigenvalue weighted by Crippen LogP contribution is 2.36. The number of phenolic OH excluding ortho intramolecular Hbond substituents is 3. The Morgan fingerprint density at radius 2 is 1.13 bits per heavy atom. The molecule has 0 aliphatic heterocycles. The Hall–Kier alpha value is -2.16. The molecule has 23 heavy (non-hydrogen) atoms. The van der Waals surface area contributed by atoms with Gasteiger partial charge in [-0.3, -0.25) is 0 Å². The molecule has 0 heterocycles. The number of hydrogen-bond donors (Lipinski definition) is 3. The molecule has 3 nitrogen and oxygen atoms in total. The van der Waals surface area contributed by atoms with E-state index in [0.29, 0.717) is 11.2 Å². The van der Waals surface area contributed by atoms with Gasteiger partial charge in [0.25, 0.3) is 0 Å². The van der Waals surface area contributed by atoms with E-state index in [0.717, 1.165) is 6.42 Å². The highest BCUT2D eigenvalue weighted by Gasteiger charge is 2.26. The second kappa shape index (κ2) is 7.40. The van der Waals surface area contributed by atoms with E-state index in [2.05, 4.69) is 34.6 Å². The van der Waals surface area contributed by atoms with E-state index in [-0.39, 0.29) is 16.9 Å². The molecule has 0 saturated carbocycles. The molecule has 2 aromatic carbocycles. The molecule has 0 aliphatic rings. The van der Waals surface area contributed by atoms with Crippen LogP contribution in [0.3, 0.4) is 0 Å². The Bertz CT molecular complexity index is 587. The van der Waals surface area contributed by atoms with Crippen molar-refractivity contribution in [1.29, 1.82) is 0 Å². The summed E-state index contributed by atoms with van der Waals surface area (Å²) in [5.74, 6) is 0.185. The third-order valence-electron chi connectivity index (χ3n) is 3.50. The zero-order chi connectivity index (χ0) is 17.7. The summed E-state index contributed by atoms with van der Waals surface area (Å²) in [5, 5.41) is 26.6. The summed E-state index contributed by atoms with van der Waals surface area (Å²) < 4.78 is 0. The molecular weight excluding hydrogens is 288 g/mol. The third-order valence-corrected chi connectivity index (χ3v) is 3.50. The summed E-state index contributed by atoms with van der Waals surface area (Å²) in [5.41, 5.74) is 1.77. The zero-order valence-corrected chi connectivity index (χ0v) is 14.7. The molecular formula is C20H28O3. The molecule has 0 atom stereocenters. The lowest BCUT2D eigenvalue weighted by atomic mass is 9.72. The lowest BCUT2D eigenvalue weighted by Crippen LogP contribution is -2.24. The van der Waals surface area contributed by atoms with Crippen molar-refractivity contribution in [3.63, 3.8) is 0 Å². The summed E-state index contributed by atoms with van der Waals surface area (Å²) in [6.07, 6.45) is 1.13. The van der Waals surface area contributed by atoms with Crippen molar-refractivity contribution in [2.45, 2.75) is 46.5 Å². The van der Waals surface area contributed by atoms with Crippen molar-refractivity contribution in [1.82, 2.24) is 0 Å². The maximum absolute atomic E-state index is 9.25. The molecule has 0 unspecified atom stereocenters. The summed E-state index contributed by atoms with van der Waals surface area (Å²) >= 11 is 0. The molecule has 0 aliphatic carbocycles. The molecule has 0 bridgehead atoms. The van der Waals surface area contributed by atoms with Crippen molar-refractivity contribution < 1.29 is 15.3 Å². The molecule has 0 fully saturated rings. The summed E-state index contributed by atoms with van der Waals surface area (Å²) in [6, 6.07) is 13.7. The van der Waals surface area contributed by atoms with Crippen LogP contribution < -0.4 is 0 Å². The van der Waals surface area contributed by atoms with E-state index >= 15 is 0 Å². The van der Waals surface area contributed by atoms with Crippen molar-refractivity contribution in [3.05, 3.63) is 54.1 Å². The van der Waals surface area contributed by atoms with E-state index in [9.17, 15) is 5.11 Å². The second-order valence-electron chi connectivity index (χ2n) is 7.66. The molecule has 0 radical (unpaired) electrons. The minimum atomic E-state index is -0.0764. The largest absolute Gasteiger partial charge is 0.508 e. The molecule has 0 aromatic heterocycles. The summed E-state index contributed by atoms with van der Waals surface area (Å²) in [7, 11) is 0. The van der Waals surface area contributed by atoms with Gasteiger partial charge in [0, 0.05) is 0 Å². The van der Waals surface area contributed by atoms with Crippen LogP contribution in [0.5, 0.6) is 17.2 Å². The zero-order valence-electron chi connectivity index (χ0n) is 14.7. The number of aromatic hydroxyl groups is 3. The van der Waals surface area contributed by atoms with E-state index < -0.39 is 0 Å². The fraction of sp³-hybridized carbons (Fsp3) is 0.400. The summed E-state index contributed by atoms with van der Waals surface area (Å²) in [6.45, 7) is 11.3. The molecule has 2 aromatic rings. The van der Waals surface area contributed by atoms with E-state index in [4.69, 9.17) is 10.2 Å². The Kier molecular flexibility index (Phi) is 6.08. The van der Waals surface area contributed by atoms with Crippen LogP contribution in [0.4, 0.5) is 0 Å². The first-order valence-electron chi connectivity index (χ1n) is 7.78. The molecule has 2 rings (SSSR count). The monoisotopic (exact) mass is 316 g/mol. The fourth-order valence-corrected chi connectivity index (χ4v) is 2.80. The van der Waals surface area contributed by atoms with E-state index in [1.165, 1.54) is 17.7 Å². The third kappa shape index (κ3) is 6.64. The Morgan fingerprint density at radius 1 is 0.696 bits per heavy atom. The second-order valence-corrected chi connectivity index (χ2v) is 7.66. The van der Waals surface area contributed by atoms with Gasteiger partial charge in [0.05, 0.1) is 0 Å². The normalized spacial score (nSPS) is 11.5. The predicted octanol–water partition coefficient (Wildman–Crippen LogP) is 5.20. The first-order valence-corrected chi connectivity index (χ1v) is 7.78. The van der Waals surface area contributed by atoms with E-state index in [1.54, 1.807) is 24.3 Å². The van der Waals surface area contributed by atoms with Gasteiger partial charge in [0.1, 0.15) is 5.75 Å². The topological polar surface area (TPSA) is 60.7 Å². The molecule has 0 amide bonds. The first kappa shape index (κ1) is 18.9. The Balaban J connectivity index is 0.000000277. The first-order chi connectivity index (χ1) is 10.5. The van der Waals surface area contributed by atoms with Gasteiger partial charge in [-0.25, -0.2) is 0 Å². The molecule has 126 valence electrons. The number of rotatable bonds is 2. The predicted molar refractivity (Wildman–Crippen MR) is 95.0 cm³/mol. The van der Waals surface area contributed by atoms with Crippen LogP contribution in [0, 0.1) is 5.41 Å². The SMILES string of the molecule is CC(C)(C)CC(C)(C)c1ccc(O)cc1.Oc1ccccc1O. The van der Waals surface area contributed by atoms with Gasteiger partial charge in [0.2, 0.25) is 0 Å². The molecule has 0 spiro atoms. The van der Waals surface area contributed by atoms with Gasteiger partial charge < -0.3 is 15.3 Å². The van der Waals surface area contributed by atoms with Crippen LogP contribution in [0.15, 0.2) is 48.5 Å². The van der Waals surface area contributed by atoms with Crippen LogP contribution >= 0.6 is 0 Å². The minimum Gasteiger partial charge on any atom is -0.508 e. The van der Waals surface area contributed by atoms with Gasteiger partial charge in [-0.1, -0.05) is 58.9 Å². The lowest BCUT2D eigenvalue weighted by Gasteiger charge is -2.33. The van der Waals surface area contributed by atoms with Crippen LogP contribution in [0.1, 0.15) is 46.6 Å². The molecule has 0 saturated heterocycles. The molecule has 3 heteroatoms.